The quantitative estimate of drug-likeness (QED) is 0.639. The lowest BCUT2D eigenvalue weighted by Gasteiger charge is -2.07. The summed E-state index contributed by atoms with van der Waals surface area (Å²) >= 11 is 18.2. The monoisotopic (exact) mass is 393 g/mol. The van der Waals surface area contributed by atoms with Gasteiger partial charge < -0.3 is 5.32 Å². The van der Waals surface area contributed by atoms with Crippen LogP contribution in [-0.2, 0) is 6.54 Å². The molecule has 0 spiro atoms. The Hall–Kier alpha value is -2.01. The molecule has 0 saturated heterocycles. The van der Waals surface area contributed by atoms with Crippen molar-refractivity contribution in [2.75, 3.05) is 5.32 Å². The normalized spacial score (nSPS) is 10.7. The van der Waals surface area contributed by atoms with Crippen LogP contribution in [0.4, 0.5) is 5.69 Å². The second-order valence-electron chi connectivity index (χ2n) is 5.48. The Bertz CT molecular complexity index is 923. The number of amides is 1. The SMILES string of the molecule is Cc1nn(Cc2ccccc2)c(Cl)c1C(=O)Nc1ccc(Cl)c(Cl)c1. The van der Waals surface area contributed by atoms with Crippen molar-refractivity contribution in [1.29, 1.82) is 0 Å². The van der Waals surface area contributed by atoms with Crippen LogP contribution in [0.5, 0.6) is 0 Å². The van der Waals surface area contributed by atoms with E-state index < -0.39 is 0 Å². The van der Waals surface area contributed by atoms with Crippen molar-refractivity contribution in [3.8, 4) is 0 Å². The van der Waals surface area contributed by atoms with E-state index in [4.69, 9.17) is 34.8 Å². The van der Waals surface area contributed by atoms with Gasteiger partial charge in [-0.05, 0) is 30.7 Å². The maximum absolute atomic E-state index is 12.6. The van der Waals surface area contributed by atoms with Crippen LogP contribution in [0.3, 0.4) is 0 Å². The summed E-state index contributed by atoms with van der Waals surface area (Å²) < 4.78 is 1.61. The molecule has 25 heavy (non-hydrogen) atoms. The molecule has 1 N–H and O–H groups in total. The zero-order chi connectivity index (χ0) is 18.0. The summed E-state index contributed by atoms with van der Waals surface area (Å²) in [6, 6.07) is 14.6. The minimum Gasteiger partial charge on any atom is -0.322 e. The molecule has 0 atom stereocenters. The van der Waals surface area contributed by atoms with Gasteiger partial charge in [-0.25, -0.2) is 4.68 Å². The average molecular weight is 395 g/mol. The van der Waals surface area contributed by atoms with Gasteiger partial charge >= 0.3 is 0 Å². The van der Waals surface area contributed by atoms with Gasteiger partial charge in [0.15, 0.2) is 0 Å². The first-order valence-corrected chi connectivity index (χ1v) is 8.62. The molecule has 0 fully saturated rings. The Balaban J connectivity index is 1.84. The summed E-state index contributed by atoms with van der Waals surface area (Å²) in [6.45, 7) is 2.23. The number of halogens is 3. The van der Waals surface area contributed by atoms with Crippen LogP contribution < -0.4 is 5.32 Å². The van der Waals surface area contributed by atoms with E-state index in [1.54, 1.807) is 29.8 Å². The number of rotatable bonds is 4. The van der Waals surface area contributed by atoms with Crippen LogP contribution >= 0.6 is 34.8 Å². The number of nitrogens with zero attached hydrogens (tertiary/aromatic N) is 2. The molecule has 7 heteroatoms. The molecular formula is C18H14Cl3N3O. The predicted octanol–water partition coefficient (Wildman–Crippen LogP) is 5.45. The molecule has 1 amide bonds. The number of carbonyl (C=O) groups excluding carboxylic acids is 1. The van der Waals surface area contributed by atoms with E-state index in [0.717, 1.165) is 5.56 Å². The van der Waals surface area contributed by atoms with Gasteiger partial charge in [0.25, 0.3) is 5.91 Å². The number of anilines is 1. The minimum absolute atomic E-state index is 0.291. The Kier molecular flexibility index (Phi) is 5.33. The fourth-order valence-corrected chi connectivity index (χ4v) is 3.06. The Morgan fingerprint density at radius 3 is 2.48 bits per heavy atom. The molecule has 4 nitrogen and oxygen atoms in total. The van der Waals surface area contributed by atoms with Gasteiger partial charge in [-0.3, -0.25) is 4.79 Å². The highest BCUT2D eigenvalue weighted by atomic mass is 35.5. The average Bonchev–Trinajstić information content (AvgIpc) is 2.86. The van der Waals surface area contributed by atoms with Gasteiger partial charge in [0.2, 0.25) is 0 Å². The predicted molar refractivity (Wildman–Crippen MR) is 102 cm³/mol. The summed E-state index contributed by atoms with van der Waals surface area (Å²) in [7, 11) is 0. The highest BCUT2D eigenvalue weighted by Crippen LogP contribution is 2.27. The van der Waals surface area contributed by atoms with Crippen LogP contribution in [-0.4, -0.2) is 15.7 Å². The minimum atomic E-state index is -0.347. The fourth-order valence-electron chi connectivity index (χ4n) is 2.44. The van der Waals surface area contributed by atoms with Crippen molar-refractivity contribution in [3.63, 3.8) is 0 Å². The lowest BCUT2D eigenvalue weighted by Crippen LogP contribution is -2.13. The van der Waals surface area contributed by atoms with Crippen molar-refractivity contribution in [3.05, 3.63) is 80.6 Å². The third-order valence-electron chi connectivity index (χ3n) is 3.65. The molecular weight excluding hydrogens is 381 g/mol. The van der Waals surface area contributed by atoms with Crippen LogP contribution in [0.25, 0.3) is 0 Å². The summed E-state index contributed by atoms with van der Waals surface area (Å²) in [5.74, 6) is -0.347. The molecule has 1 aromatic heterocycles. The summed E-state index contributed by atoms with van der Waals surface area (Å²) in [5, 5.41) is 8.22. The van der Waals surface area contributed by atoms with Crippen LogP contribution in [0.15, 0.2) is 48.5 Å². The van der Waals surface area contributed by atoms with E-state index >= 15 is 0 Å². The number of nitrogens with one attached hydrogen (secondary N) is 1. The van der Waals surface area contributed by atoms with Gasteiger partial charge in [-0.2, -0.15) is 5.10 Å². The van der Waals surface area contributed by atoms with E-state index in [2.05, 4.69) is 10.4 Å². The van der Waals surface area contributed by atoms with Gasteiger partial charge in [0, 0.05) is 5.69 Å². The number of aryl methyl sites for hydroxylation is 1. The van der Waals surface area contributed by atoms with Crippen molar-refractivity contribution in [2.45, 2.75) is 13.5 Å². The topological polar surface area (TPSA) is 46.9 Å². The van der Waals surface area contributed by atoms with Gasteiger partial charge in [0.1, 0.15) is 5.15 Å². The molecule has 0 bridgehead atoms. The third-order valence-corrected chi connectivity index (χ3v) is 4.77. The Labute approximate surface area is 160 Å². The van der Waals surface area contributed by atoms with Crippen molar-refractivity contribution >= 4 is 46.4 Å². The molecule has 3 rings (SSSR count). The first-order chi connectivity index (χ1) is 12.0. The largest absolute Gasteiger partial charge is 0.322 e. The van der Waals surface area contributed by atoms with E-state index in [-0.39, 0.29) is 5.91 Å². The standard InChI is InChI=1S/C18H14Cl3N3O/c1-11-16(18(25)22-13-7-8-14(19)15(20)9-13)17(21)24(23-11)10-12-5-3-2-4-6-12/h2-9H,10H2,1H3,(H,22,25). The van der Waals surface area contributed by atoms with Gasteiger partial charge in [-0.1, -0.05) is 65.1 Å². The Morgan fingerprint density at radius 2 is 1.80 bits per heavy atom. The molecule has 0 aliphatic heterocycles. The molecule has 0 aliphatic carbocycles. The smallest absolute Gasteiger partial charge is 0.260 e. The van der Waals surface area contributed by atoms with E-state index in [0.29, 0.717) is 38.7 Å². The second-order valence-corrected chi connectivity index (χ2v) is 6.65. The molecule has 2 aromatic carbocycles. The zero-order valence-corrected chi connectivity index (χ0v) is 15.5. The number of hydrogen-bond donors (Lipinski definition) is 1. The van der Waals surface area contributed by atoms with Gasteiger partial charge in [0.05, 0.1) is 27.8 Å². The van der Waals surface area contributed by atoms with Crippen LogP contribution in [0, 0.1) is 6.92 Å². The number of hydrogen-bond acceptors (Lipinski definition) is 2. The molecule has 0 radical (unpaired) electrons. The fraction of sp³-hybridized carbons (Fsp3) is 0.111. The maximum atomic E-state index is 12.6. The second kappa shape index (κ2) is 7.48. The summed E-state index contributed by atoms with van der Waals surface area (Å²) in [5.41, 5.74) is 2.47. The molecule has 1 heterocycles. The molecule has 0 aliphatic rings. The van der Waals surface area contributed by atoms with Crippen LogP contribution in [0.1, 0.15) is 21.6 Å². The van der Waals surface area contributed by atoms with Crippen molar-refractivity contribution in [1.82, 2.24) is 9.78 Å². The Morgan fingerprint density at radius 1 is 1.08 bits per heavy atom. The number of benzene rings is 2. The third kappa shape index (κ3) is 3.98. The first kappa shape index (κ1) is 17.8. The summed E-state index contributed by atoms with van der Waals surface area (Å²) in [6.07, 6.45) is 0. The van der Waals surface area contributed by atoms with Crippen LogP contribution in [0.2, 0.25) is 15.2 Å². The summed E-state index contributed by atoms with van der Waals surface area (Å²) in [4.78, 5) is 12.6. The van der Waals surface area contributed by atoms with Crippen molar-refractivity contribution in [2.24, 2.45) is 0 Å². The molecule has 0 unspecified atom stereocenters. The maximum Gasteiger partial charge on any atom is 0.260 e. The van der Waals surface area contributed by atoms with E-state index in [1.165, 1.54) is 0 Å². The first-order valence-electron chi connectivity index (χ1n) is 7.49. The number of aromatic nitrogens is 2. The molecule has 3 aromatic rings. The highest BCUT2D eigenvalue weighted by Gasteiger charge is 2.20. The zero-order valence-electron chi connectivity index (χ0n) is 13.3. The molecule has 0 saturated carbocycles. The molecule has 128 valence electrons. The highest BCUT2D eigenvalue weighted by molar-refractivity contribution is 6.42. The number of carbonyl (C=O) groups is 1. The van der Waals surface area contributed by atoms with E-state index in [9.17, 15) is 4.79 Å². The lowest BCUT2D eigenvalue weighted by atomic mass is 10.2. The van der Waals surface area contributed by atoms with E-state index in [1.807, 2.05) is 30.3 Å². The van der Waals surface area contributed by atoms with Gasteiger partial charge in [-0.15, -0.1) is 0 Å². The van der Waals surface area contributed by atoms with Crippen molar-refractivity contribution < 1.29 is 4.79 Å². The lowest BCUT2D eigenvalue weighted by molar-refractivity contribution is 0.102.